The maximum atomic E-state index is 13.1. The molecule has 2 saturated heterocycles. The molecule has 0 spiro atoms. The van der Waals surface area contributed by atoms with Gasteiger partial charge in [0, 0.05) is 63.8 Å². The van der Waals surface area contributed by atoms with Crippen LogP contribution in [0.2, 0.25) is 0 Å². The molecule has 4 aromatic rings. The Morgan fingerprint density at radius 2 is 1.61 bits per heavy atom. The molecular formula is C45H50N6O10. The van der Waals surface area contributed by atoms with E-state index in [1.54, 1.807) is 44.3 Å². The molecule has 61 heavy (non-hydrogen) atoms. The van der Waals surface area contributed by atoms with Gasteiger partial charge in [-0.1, -0.05) is 0 Å². The number of ether oxygens (including phenoxy) is 4. The predicted molar refractivity (Wildman–Crippen MR) is 222 cm³/mol. The van der Waals surface area contributed by atoms with Crippen LogP contribution in [0.5, 0.6) is 17.2 Å². The number of methoxy groups -OCH3 is 2. The van der Waals surface area contributed by atoms with Gasteiger partial charge in [0.2, 0.25) is 17.7 Å². The van der Waals surface area contributed by atoms with E-state index in [9.17, 15) is 28.8 Å². The van der Waals surface area contributed by atoms with Crippen molar-refractivity contribution in [2.45, 2.75) is 44.7 Å². The Balaban J connectivity index is 0.770. The number of pyridine rings is 2. The quantitative estimate of drug-likeness (QED) is 0.137. The van der Waals surface area contributed by atoms with Gasteiger partial charge in [-0.25, -0.2) is 0 Å². The van der Waals surface area contributed by atoms with Crippen molar-refractivity contribution in [1.29, 1.82) is 0 Å². The molecule has 3 fully saturated rings. The first-order valence-electron chi connectivity index (χ1n) is 20.6. The Bertz CT molecular complexity index is 2430. The largest absolute Gasteiger partial charge is 0.496 e. The second kappa shape index (κ2) is 17.5. The van der Waals surface area contributed by atoms with Crippen LogP contribution < -0.4 is 25.1 Å². The van der Waals surface area contributed by atoms with Crippen LogP contribution in [-0.4, -0.2) is 121 Å². The van der Waals surface area contributed by atoms with Crippen molar-refractivity contribution >= 4 is 40.3 Å². The molecule has 8 rings (SSSR count). The minimum Gasteiger partial charge on any atom is -0.496 e. The normalized spacial score (nSPS) is 21.0. The fraction of sp³-hybridized carbons (Fsp3) is 0.444. The molecule has 1 N–H and O–H groups in total. The van der Waals surface area contributed by atoms with E-state index in [2.05, 4.69) is 22.2 Å². The number of carbonyl (C=O) groups is 5. The van der Waals surface area contributed by atoms with Crippen molar-refractivity contribution < 1.29 is 42.9 Å². The van der Waals surface area contributed by atoms with Crippen LogP contribution in [0.25, 0.3) is 21.9 Å². The molecule has 4 atom stereocenters. The highest BCUT2D eigenvalue weighted by Crippen LogP contribution is 2.43. The lowest BCUT2D eigenvalue weighted by atomic mass is 9.98. The second-order valence-electron chi connectivity index (χ2n) is 16.5. The van der Waals surface area contributed by atoms with Crippen molar-refractivity contribution in [3.05, 3.63) is 82.0 Å². The molecule has 0 radical (unpaired) electrons. The SMILES string of the molecule is COc1cc(-c2cn(C)c(=O)c3cnccc23)cc(OC)c1CN(C)CC1CC2CN(C(=O)CCOCCOc3ccc4c(c3)C(=O)N(C3CCC(=O)NC3=O)C4=O)C[C@@H]2C1. The van der Waals surface area contributed by atoms with Crippen LogP contribution in [0, 0.1) is 17.8 Å². The summed E-state index contributed by atoms with van der Waals surface area (Å²) in [6, 6.07) is 9.38. The van der Waals surface area contributed by atoms with Crippen molar-refractivity contribution in [1.82, 2.24) is 29.6 Å². The summed E-state index contributed by atoms with van der Waals surface area (Å²) in [4.78, 5) is 85.2. The number of hydrogen-bond acceptors (Lipinski definition) is 12. The van der Waals surface area contributed by atoms with E-state index in [0.717, 1.165) is 59.5 Å². The van der Waals surface area contributed by atoms with Crippen molar-refractivity contribution in [2.24, 2.45) is 24.8 Å². The zero-order valence-electron chi connectivity index (χ0n) is 34.8. The highest BCUT2D eigenvalue weighted by atomic mass is 16.5. The molecule has 320 valence electrons. The fourth-order valence-corrected chi connectivity index (χ4v) is 9.57. The highest BCUT2D eigenvalue weighted by molar-refractivity contribution is 6.23. The molecule has 0 bridgehead atoms. The third-order valence-corrected chi connectivity index (χ3v) is 12.5. The number of benzene rings is 2. The Hall–Kier alpha value is -6.13. The van der Waals surface area contributed by atoms with E-state index in [4.69, 9.17) is 18.9 Å². The zero-order valence-corrected chi connectivity index (χ0v) is 34.8. The average Bonchev–Trinajstić information content (AvgIpc) is 3.90. The van der Waals surface area contributed by atoms with Crippen LogP contribution in [0.15, 0.2) is 59.8 Å². The van der Waals surface area contributed by atoms with Crippen molar-refractivity contribution in [3.63, 3.8) is 0 Å². The molecule has 2 aromatic carbocycles. The van der Waals surface area contributed by atoms with Crippen LogP contribution >= 0.6 is 0 Å². The number of rotatable bonds is 15. The van der Waals surface area contributed by atoms with E-state index in [1.807, 2.05) is 29.3 Å². The summed E-state index contributed by atoms with van der Waals surface area (Å²) in [5.74, 6) is 1.06. The minimum absolute atomic E-state index is 0.0500. The van der Waals surface area contributed by atoms with Crippen molar-refractivity contribution in [3.8, 4) is 28.4 Å². The zero-order chi connectivity index (χ0) is 42.9. The number of fused-ring (bicyclic) bond motifs is 3. The summed E-state index contributed by atoms with van der Waals surface area (Å²) in [6.07, 6.45) is 7.65. The number of piperidine rings is 1. The Morgan fingerprint density at radius 1 is 0.885 bits per heavy atom. The first kappa shape index (κ1) is 41.6. The molecule has 16 nitrogen and oxygen atoms in total. The van der Waals surface area contributed by atoms with Gasteiger partial charge in [0.05, 0.1) is 55.9 Å². The summed E-state index contributed by atoms with van der Waals surface area (Å²) < 4.78 is 24.9. The molecule has 16 heteroatoms. The summed E-state index contributed by atoms with van der Waals surface area (Å²) in [6.45, 7) is 3.71. The summed E-state index contributed by atoms with van der Waals surface area (Å²) >= 11 is 0. The van der Waals surface area contributed by atoms with Gasteiger partial charge in [0.1, 0.15) is 29.9 Å². The minimum atomic E-state index is -1.03. The summed E-state index contributed by atoms with van der Waals surface area (Å²) in [5.41, 5.74) is 2.93. The third-order valence-electron chi connectivity index (χ3n) is 12.5. The lowest BCUT2D eigenvalue weighted by molar-refractivity contribution is -0.136. The van der Waals surface area contributed by atoms with Gasteiger partial charge in [0.15, 0.2) is 0 Å². The standard InChI is InChI=1S/C45H50N6O10/c1-48(24-36-38(58-3)17-27(18-39(36)59-4)35-25-49(2)43(55)34-20-46-11-9-31(34)35)21-26-15-28-22-50(23-29(28)16-26)41(53)10-12-60-13-14-61-30-5-6-32-33(19-30)45(57)51(44(32)56)37-7-8-40(52)47-42(37)54/h5-6,9,11,17-20,25-26,28-29,37H,7-8,10,12-16,21-24H2,1-4H3,(H,47,52,54)/t26?,28-,29?,37?/m0/s1. The van der Waals surface area contributed by atoms with Gasteiger partial charge in [-0.05, 0) is 91.4 Å². The molecule has 2 aromatic heterocycles. The monoisotopic (exact) mass is 834 g/mol. The van der Waals surface area contributed by atoms with Gasteiger partial charge in [-0.3, -0.25) is 44.0 Å². The first-order valence-corrected chi connectivity index (χ1v) is 20.6. The molecule has 3 unspecified atom stereocenters. The molecule has 5 heterocycles. The number of aromatic nitrogens is 2. The molecule has 3 aliphatic heterocycles. The van der Waals surface area contributed by atoms with E-state index >= 15 is 0 Å². The predicted octanol–water partition coefficient (Wildman–Crippen LogP) is 3.42. The molecular weight excluding hydrogens is 785 g/mol. The maximum absolute atomic E-state index is 13.1. The number of carbonyl (C=O) groups excluding carboxylic acids is 5. The lowest BCUT2D eigenvalue weighted by Crippen LogP contribution is -2.54. The number of likely N-dealkylation sites (tertiary alicyclic amines) is 1. The van der Waals surface area contributed by atoms with Gasteiger partial charge < -0.3 is 33.3 Å². The molecule has 1 saturated carbocycles. The molecule has 4 aliphatic rings. The number of amides is 5. The summed E-state index contributed by atoms with van der Waals surface area (Å²) in [5, 5.41) is 3.55. The fourth-order valence-electron chi connectivity index (χ4n) is 9.57. The lowest BCUT2D eigenvalue weighted by Gasteiger charge is -2.27. The van der Waals surface area contributed by atoms with Gasteiger partial charge in [0.25, 0.3) is 17.4 Å². The average molecular weight is 835 g/mol. The number of hydrogen-bond donors (Lipinski definition) is 1. The first-order chi connectivity index (χ1) is 29.4. The van der Waals surface area contributed by atoms with E-state index in [-0.39, 0.29) is 61.7 Å². The van der Waals surface area contributed by atoms with E-state index in [0.29, 0.717) is 46.9 Å². The van der Waals surface area contributed by atoms with Crippen LogP contribution in [-0.2, 0) is 32.7 Å². The molecule has 5 amide bonds. The van der Waals surface area contributed by atoms with Crippen LogP contribution in [0.4, 0.5) is 0 Å². The Kier molecular flexibility index (Phi) is 11.9. The highest BCUT2D eigenvalue weighted by Gasteiger charge is 2.45. The van der Waals surface area contributed by atoms with E-state index < -0.39 is 29.7 Å². The summed E-state index contributed by atoms with van der Waals surface area (Å²) in [7, 11) is 7.17. The smallest absolute Gasteiger partial charge is 0.262 e. The maximum Gasteiger partial charge on any atom is 0.262 e. The number of nitrogens with one attached hydrogen (secondary N) is 1. The van der Waals surface area contributed by atoms with Crippen LogP contribution in [0.3, 0.4) is 0 Å². The van der Waals surface area contributed by atoms with Crippen molar-refractivity contribution in [2.75, 3.05) is 60.7 Å². The number of aryl methyl sites for hydroxylation is 1. The number of nitrogens with zero attached hydrogens (tertiary/aromatic N) is 5. The number of imide groups is 2. The van der Waals surface area contributed by atoms with Gasteiger partial charge in [-0.2, -0.15) is 0 Å². The second-order valence-corrected chi connectivity index (χ2v) is 16.5. The third kappa shape index (κ3) is 8.33. The Labute approximate surface area is 352 Å². The Morgan fingerprint density at radius 3 is 2.31 bits per heavy atom. The van der Waals surface area contributed by atoms with Gasteiger partial charge >= 0.3 is 0 Å². The van der Waals surface area contributed by atoms with Crippen LogP contribution in [0.1, 0.15) is 58.4 Å². The topological polar surface area (TPSA) is 179 Å². The van der Waals surface area contributed by atoms with Gasteiger partial charge in [-0.15, -0.1) is 0 Å². The van der Waals surface area contributed by atoms with E-state index in [1.165, 1.54) is 12.1 Å². The molecule has 1 aliphatic carbocycles.